The summed E-state index contributed by atoms with van der Waals surface area (Å²) in [4.78, 5) is 8.38. The fourth-order valence-corrected chi connectivity index (χ4v) is 3.86. The van der Waals surface area contributed by atoms with E-state index in [1.54, 1.807) is 42.2 Å². The third kappa shape index (κ3) is 3.90. The molecule has 0 aromatic carbocycles. The highest BCUT2D eigenvalue weighted by atomic mass is 19.3. The highest BCUT2D eigenvalue weighted by Gasteiger charge is 2.49. The Kier molecular flexibility index (Phi) is 6.11. The van der Waals surface area contributed by atoms with Gasteiger partial charge in [0.25, 0.3) is 0 Å². The van der Waals surface area contributed by atoms with E-state index in [4.69, 9.17) is 5.73 Å². The van der Waals surface area contributed by atoms with Crippen LogP contribution in [-0.2, 0) is 12.5 Å². The number of halogens is 5. The van der Waals surface area contributed by atoms with Gasteiger partial charge in [0, 0.05) is 31.5 Å². The van der Waals surface area contributed by atoms with Gasteiger partial charge in [0.05, 0.1) is 11.7 Å². The molecule has 1 atom stereocenters. The lowest BCUT2D eigenvalue weighted by Gasteiger charge is -2.27. The zero-order valence-electron chi connectivity index (χ0n) is 18.2. The highest BCUT2D eigenvalue weighted by molar-refractivity contribution is 6.03. The van der Waals surface area contributed by atoms with E-state index in [0.717, 1.165) is 15.7 Å². The Morgan fingerprint density at radius 1 is 1.35 bits per heavy atom. The monoisotopic (exact) mass is 480 g/mol. The number of rotatable bonds is 6. The molecular formula is C21H21F5N8. The molecule has 13 heteroatoms. The predicted octanol–water partition coefficient (Wildman–Crippen LogP) is 3.91. The van der Waals surface area contributed by atoms with E-state index in [9.17, 15) is 22.0 Å². The molecule has 0 bridgehead atoms. The standard InChI is InChI=1S/C21H21F5N8/c1-11-8-29-17(30-16(28-2)3-4-27)6-14(11)12-5-15-18-31-32-20(21(25,26)19(23)24)34(18)13(7-22)10-33(15)9-12/h3-6,8-9,13,19H,7,10,27H2,1-2H3,(H,28,29,30)/t13-/m0/s1. The average Bonchev–Trinajstić information content (AvgIpc) is 3.44. The molecule has 180 valence electrons. The second-order valence-corrected chi connectivity index (χ2v) is 7.69. The Hall–Kier alpha value is -3.77. The van der Waals surface area contributed by atoms with Crippen molar-refractivity contribution >= 4 is 11.7 Å². The number of hydrogen-bond donors (Lipinski definition) is 2. The Morgan fingerprint density at radius 3 is 2.76 bits per heavy atom. The Morgan fingerprint density at radius 2 is 2.12 bits per heavy atom. The van der Waals surface area contributed by atoms with Crippen molar-refractivity contribution in [3.63, 3.8) is 0 Å². The van der Waals surface area contributed by atoms with E-state index in [1.165, 1.54) is 6.20 Å². The van der Waals surface area contributed by atoms with Crippen LogP contribution in [0.4, 0.5) is 27.8 Å². The molecule has 1 aliphatic rings. The molecule has 0 aliphatic carbocycles. The minimum atomic E-state index is -4.56. The number of amidine groups is 1. The molecule has 3 aromatic heterocycles. The van der Waals surface area contributed by atoms with Crippen LogP contribution in [0.5, 0.6) is 0 Å². The summed E-state index contributed by atoms with van der Waals surface area (Å²) in [6.07, 6.45) is 2.26. The molecule has 0 radical (unpaired) electrons. The van der Waals surface area contributed by atoms with Crippen LogP contribution in [0.15, 0.2) is 41.8 Å². The molecule has 34 heavy (non-hydrogen) atoms. The highest BCUT2D eigenvalue weighted by Crippen LogP contribution is 2.41. The Labute approximate surface area is 191 Å². The summed E-state index contributed by atoms with van der Waals surface area (Å²) in [6.45, 7) is 0.734. The molecule has 8 nitrogen and oxygen atoms in total. The zero-order valence-corrected chi connectivity index (χ0v) is 18.2. The molecule has 4 rings (SSSR count). The van der Waals surface area contributed by atoms with Crippen molar-refractivity contribution in [1.82, 2.24) is 24.3 Å². The van der Waals surface area contributed by atoms with E-state index in [0.29, 0.717) is 22.9 Å². The van der Waals surface area contributed by atoms with Crippen molar-refractivity contribution < 1.29 is 22.0 Å². The van der Waals surface area contributed by atoms with Crippen LogP contribution in [0.25, 0.3) is 22.6 Å². The summed E-state index contributed by atoms with van der Waals surface area (Å²) >= 11 is 0. The summed E-state index contributed by atoms with van der Waals surface area (Å²) < 4.78 is 70.4. The number of nitrogens with one attached hydrogen (secondary N) is 1. The van der Waals surface area contributed by atoms with E-state index >= 15 is 0 Å². The third-order valence-electron chi connectivity index (χ3n) is 5.51. The van der Waals surface area contributed by atoms with Gasteiger partial charge in [0.2, 0.25) is 5.82 Å². The molecule has 0 saturated carbocycles. The van der Waals surface area contributed by atoms with Crippen LogP contribution in [0.1, 0.15) is 17.4 Å². The number of nitrogens with zero attached hydrogens (tertiary/aromatic N) is 6. The Balaban J connectivity index is 1.78. The summed E-state index contributed by atoms with van der Waals surface area (Å²) in [5, 5.41) is 10.1. The van der Waals surface area contributed by atoms with Gasteiger partial charge >= 0.3 is 12.3 Å². The van der Waals surface area contributed by atoms with Gasteiger partial charge in [-0.3, -0.25) is 9.56 Å². The van der Waals surface area contributed by atoms with Crippen molar-refractivity contribution in [2.75, 3.05) is 19.0 Å². The number of hydrogen-bond acceptors (Lipinski definition) is 5. The Bertz CT molecular complexity index is 1260. The molecule has 4 heterocycles. The van der Waals surface area contributed by atoms with Crippen molar-refractivity contribution in [2.45, 2.75) is 31.9 Å². The normalized spacial score (nSPS) is 16.2. The van der Waals surface area contributed by atoms with Gasteiger partial charge in [0.15, 0.2) is 5.82 Å². The molecular weight excluding hydrogens is 459 g/mol. The first-order chi connectivity index (χ1) is 16.2. The summed E-state index contributed by atoms with van der Waals surface area (Å²) in [7, 11) is 1.59. The van der Waals surface area contributed by atoms with Crippen LogP contribution in [0.2, 0.25) is 0 Å². The van der Waals surface area contributed by atoms with Gasteiger partial charge in [-0.2, -0.15) is 8.78 Å². The van der Waals surface area contributed by atoms with E-state index in [1.807, 2.05) is 6.92 Å². The molecule has 0 amide bonds. The van der Waals surface area contributed by atoms with Crippen LogP contribution in [0, 0.1) is 6.92 Å². The van der Waals surface area contributed by atoms with Gasteiger partial charge in [0.1, 0.15) is 18.3 Å². The maximum absolute atomic E-state index is 14.1. The lowest BCUT2D eigenvalue weighted by atomic mass is 10.1. The van der Waals surface area contributed by atoms with Gasteiger partial charge in [-0.15, -0.1) is 10.2 Å². The maximum Gasteiger partial charge on any atom is 0.365 e. The first kappa shape index (κ1) is 23.4. The fraction of sp³-hybridized carbons (Fsp3) is 0.333. The SMILES string of the molecule is CN=C(C=CN)Nc1cc(-c2cc3n(c2)C[C@H](CF)n2c-3nnc2C(F)(F)C(F)F)c(C)cn1. The first-order valence-electron chi connectivity index (χ1n) is 10.2. The van der Waals surface area contributed by atoms with Crippen molar-refractivity contribution in [3.8, 4) is 22.6 Å². The second-order valence-electron chi connectivity index (χ2n) is 7.69. The van der Waals surface area contributed by atoms with Gasteiger partial charge < -0.3 is 15.6 Å². The van der Waals surface area contributed by atoms with Gasteiger partial charge in [-0.25, -0.2) is 18.2 Å². The van der Waals surface area contributed by atoms with E-state index in [-0.39, 0.29) is 12.4 Å². The number of alkyl halides is 5. The molecule has 3 aromatic rings. The number of anilines is 1. The van der Waals surface area contributed by atoms with Crippen molar-refractivity contribution in [3.05, 3.63) is 48.2 Å². The number of nitrogens with two attached hydrogens (primary N) is 1. The third-order valence-corrected chi connectivity index (χ3v) is 5.51. The molecule has 0 fully saturated rings. The van der Waals surface area contributed by atoms with Crippen LogP contribution < -0.4 is 11.1 Å². The maximum atomic E-state index is 14.1. The van der Waals surface area contributed by atoms with E-state index in [2.05, 4.69) is 25.5 Å². The molecule has 0 saturated heterocycles. The molecule has 3 N–H and O–H groups in total. The topological polar surface area (TPSA) is 98.9 Å². The number of aromatic nitrogens is 5. The minimum absolute atomic E-state index is 0.0492. The molecule has 1 aliphatic heterocycles. The predicted molar refractivity (Wildman–Crippen MR) is 117 cm³/mol. The quantitative estimate of drug-likeness (QED) is 0.317. The number of pyridine rings is 1. The summed E-state index contributed by atoms with van der Waals surface area (Å²) in [5.41, 5.74) is 8.02. The second kappa shape index (κ2) is 8.88. The van der Waals surface area contributed by atoms with Crippen LogP contribution >= 0.6 is 0 Å². The number of aliphatic imine (C=N–C) groups is 1. The van der Waals surface area contributed by atoms with Crippen molar-refractivity contribution in [1.29, 1.82) is 0 Å². The first-order valence-corrected chi connectivity index (χ1v) is 10.2. The molecule has 0 spiro atoms. The fourth-order valence-electron chi connectivity index (χ4n) is 3.86. The van der Waals surface area contributed by atoms with Gasteiger partial charge in [-0.05, 0) is 42.5 Å². The lowest BCUT2D eigenvalue weighted by molar-refractivity contribution is -0.143. The smallest absolute Gasteiger partial charge is 0.365 e. The van der Waals surface area contributed by atoms with Gasteiger partial charge in [-0.1, -0.05) is 0 Å². The minimum Gasteiger partial charge on any atom is -0.404 e. The van der Waals surface area contributed by atoms with Crippen LogP contribution in [0.3, 0.4) is 0 Å². The van der Waals surface area contributed by atoms with E-state index < -0.39 is 30.9 Å². The average molecular weight is 480 g/mol. The van der Waals surface area contributed by atoms with Crippen LogP contribution in [-0.4, -0.2) is 50.3 Å². The van der Waals surface area contributed by atoms with Crippen molar-refractivity contribution in [2.24, 2.45) is 10.7 Å². The largest absolute Gasteiger partial charge is 0.404 e. The summed E-state index contributed by atoms with van der Waals surface area (Å²) in [6, 6.07) is 2.28. The zero-order chi connectivity index (χ0) is 24.6. The lowest BCUT2D eigenvalue weighted by Crippen LogP contribution is -2.33. The number of fused-ring (bicyclic) bond motifs is 3. The summed E-state index contributed by atoms with van der Waals surface area (Å²) in [5.74, 6) is -4.96. The number of aryl methyl sites for hydroxylation is 1. The molecule has 0 unspecified atom stereocenters.